The van der Waals surface area contributed by atoms with E-state index in [1.807, 2.05) is 24.3 Å². The van der Waals surface area contributed by atoms with Crippen LogP contribution in [0.15, 0.2) is 40.7 Å². The van der Waals surface area contributed by atoms with Crippen molar-refractivity contribution in [1.29, 1.82) is 0 Å². The number of para-hydroxylation sites is 2. The van der Waals surface area contributed by atoms with Crippen molar-refractivity contribution in [2.45, 2.75) is 18.6 Å². The predicted molar refractivity (Wildman–Crippen MR) is 103 cm³/mol. The first-order chi connectivity index (χ1) is 13.1. The third-order valence-corrected chi connectivity index (χ3v) is 5.06. The number of amides is 2. The molecule has 1 aromatic heterocycles. The van der Waals surface area contributed by atoms with E-state index in [4.69, 9.17) is 9.47 Å². The summed E-state index contributed by atoms with van der Waals surface area (Å²) in [6, 6.07) is 7.55. The van der Waals surface area contributed by atoms with Gasteiger partial charge in [-0.05, 0) is 19.1 Å². The van der Waals surface area contributed by atoms with Crippen molar-refractivity contribution in [1.82, 2.24) is 20.2 Å². The van der Waals surface area contributed by atoms with Crippen LogP contribution in [0.25, 0.3) is 11.0 Å². The maximum atomic E-state index is 12.2. The average molecular weight is 390 g/mol. The molecule has 0 bridgehead atoms. The third kappa shape index (κ3) is 4.42. The number of fused-ring (bicyclic) bond motifs is 1. The molecule has 0 atom stereocenters. The Morgan fingerprint density at radius 2 is 2.19 bits per heavy atom. The lowest BCUT2D eigenvalue weighted by atomic mass is 10.2. The number of carbonyl (C=O) groups is 2. The van der Waals surface area contributed by atoms with E-state index in [1.54, 1.807) is 14.0 Å². The zero-order valence-electron chi connectivity index (χ0n) is 15.3. The molecule has 0 aliphatic carbocycles. The topological polar surface area (TPSA) is 94.5 Å². The first kappa shape index (κ1) is 19.2. The normalized spacial score (nSPS) is 14.2. The summed E-state index contributed by atoms with van der Waals surface area (Å²) in [4.78, 5) is 28.5. The molecule has 0 fully saturated rings. The van der Waals surface area contributed by atoms with Crippen molar-refractivity contribution >= 4 is 34.8 Å². The largest absolute Gasteiger partial charge is 0.463 e. The second kappa shape index (κ2) is 8.92. The summed E-state index contributed by atoms with van der Waals surface area (Å²) in [6.45, 7) is 3.41. The van der Waals surface area contributed by atoms with E-state index in [1.165, 1.54) is 11.8 Å². The number of urea groups is 1. The smallest absolute Gasteiger partial charge is 0.337 e. The standard InChI is InChI=1S/C18H22N4O4S/c1-3-26-16(23)12-10-19-17(24)20-14(12)11-27-18-21-13-6-4-5-7-15(13)22(18)8-9-25-2/h4-7H,3,8-11H2,1-2H3,(H2,19,20,24). The lowest BCUT2D eigenvalue weighted by Crippen LogP contribution is -2.44. The van der Waals surface area contributed by atoms with E-state index in [9.17, 15) is 9.59 Å². The van der Waals surface area contributed by atoms with Crippen molar-refractivity contribution < 1.29 is 19.1 Å². The number of benzene rings is 1. The van der Waals surface area contributed by atoms with Gasteiger partial charge in [0.1, 0.15) is 0 Å². The zero-order valence-corrected chi connectivity index (χ0v) is 16.1. The third-order valence-electron chi connectivity index (χ3n) is 4.06. The molecule has 1 aliphatic heterocycles. The number of methoxy groups -OCH3 is 1. The molecule has 8 nitrogen and oxygen atoms in total. The number of imidazole rings is 1. The molecule has 27 heavy (non-hydrogen) atoms. The first-order valence-electron chi connectivity index (χ1n) is 8.65. The second-order valence-corrected chi connectivity index (χ2v) is 6.74. The molecule has 0 saturated heterocycles. The lowest BCUT2D eigenvalue weighted by Gasteiger charge is -2.21. The van der Waals surface area contributed by atoms with Gasteiger partial charge in [0, 0.05) is 25.1 Å². The molecule has 0 saturated carbocycles. The van der Waals surface area contributed by atoms with Gasteiger partial charge in [-0.25, -0.2) is 14.6 Å². The van der Waals surface area contributed by atoms with Crippen LogP contribution in [0.5, 0.6) is 0 Å². The molecule has 2 heterocycles. The van der Waals surface area contributed by atoms with Gasteiger partial charge in [-0.2, -0.15) is 0 Å². The van der Waals surface area contributed by atoms with Crippen molar-refractivity contribution in [2.75, 3.05) is 32.6 Å². The van der Waals surface area contributed by atoms with Crippen molar-refractivity contribution in [3.05, 3.63) is 35.5 Å². The Bertz CT molecular complexity index is 877. The Balaban J connectivity index is 1.85. The molecule has 0 unspecified atom stereocenters. The number of esters is 1. The zero-order chi connectivity index (χ0) is 19.2. The minimum absolute atomic E-state index is 0.153. The second-order valence-electron chi connectivity index (χ2n) is 5.80. The molecular formula is C18H22N4O4S. The monoisotopic (exact) mass is 390 g/mol. The van der Waals surface area contributed by atoms with Crippen LogP contribution in [0, 0.1) is 0 Å². The molecular weight excluding hydrogens is 368 g/mol. The van der Waals surface area contributed by atoms with E-state index in [0.29, 0.717) is 30.2 Å². The van der Waals surface area contributed by atoms with Gasteiger partial charge in [0.2, 0.25) is 0 Å². The van der Waals surface area contributed by atoms with Crippen LogP contribution in [0.2, 0.25) is 0 Å². The quantitative estimate of drug-likeness (QED) is 0.528. The van der Waals surface area contributed by atoms with Crippen molar-refractivity contribution in [3.63, 3.8) is 0 Å². The number of rotatable bonds is 8. The van der Waals surface area contributed by atoms with E-state index >= 15 is 0 Å². The van der Waals surface area contributed by atoms with Crippen molar-refractivity contribution in [3.8, 4) is 0 Å². The molecule has 2 amide bonds. The summed E-state index contributed by atoms with van der Waals surface area (Å²) in [5.74, 6) is -0.0220. The first-order valence-corrected chi connectivity index (χ1v) is 9.63. The van der Waals surface area contributed by atoms with E-state index < -0.39 is 5.97 Å². The Kier molecular flexibility index (Phi) is 6.36. The van der Waals surface area contributed by atoms with Crippen LogP contribution >= 0.6 is 11.8 Å². The molecule has 0 spiro atoms. The number of hydrogen-bond acceptors (Lipinski definition) is 6. The summed E-state index contributed by atoms with van der Waals surface area (Å²) in [5, 5.41) is 6.13. The SMILES string of the molecule is CCOC(=O)C1=C(CSc2nc3ccccc3n2CCOC)NC(=O)NC1. The fourth-order valence-corrected chi connectivity index (χ4v) is 3.80. The highest BCUT2D eigenvalue weighted by molar-refractivity contribution is 7.99. The summed E-state index contributed by atoms with van der Waals surface area (Å²) in [5.41, 5.74) is 2.90. The highest BCUT2D eigenvalue weighted by Crippen LogP contribution is 2.26. The van der Waals surface area contributed by atoms with Gasteiger partial charge in [-0.1, -0.05) is 23.9 Å². The van der Waals surface area contributed by atoms with Crippen LogP contribution < -0.4 is 10.6 Å². The molecule has 0 radical (unpaired) electrons. The van der Waals surface area contributed by atoms with Gasteiger partial charge in [0.15, 0.2) is 5.16 Å². The summed E-state index contributed by atoms with van der Waals surface area (Å²) in [7, 11) is 1.66. The van der Waals surface area contributed by atoms with Crippen LogP contribution in [-0.4, -0.2) is 54.2 Å². The van der Waals surface area contributed by atoms with Gasteiger partial charge in [0.05, 0.1) is 36.4 Å². The maximum absolute atomic E-state index is 12.2. The molecule has 2 aromatic rings. The Morgan fingerprint density at radius 1 is 1.37 bits per heavy atom. The van der Waals surface area contributed by atoms with E-state index in [2.05, 4.69) is 20.2 Å². The highest BCUT2D eigenvalue weighted by Gasteiger charge is 2.24. The predicted octanol–water partition coefficient (Wildman–Crippen LogP) is 1.90. The van der Waals surface area contributed by atoms with Gasteiger partial charge in [-0.3, -0.25) is 0 Å². The van der Waals surface area contributed by atoms with Crippen LogP contribution in [0.3, 0.4) is 0 Å². The average Bonchev–Trinajstić information content (AvgIpc) is 3.02. The van der Waals surface area contributed by atoms with Gasteiger partial charge in [-0.15, -0.1) is 0 Å². The van der Waals surface area contributed by atoms with Crippen LogP contribution in [0.1, 0.15) is 6.92 Å². The molecule has 1 aromatic carbocycles. The minimum Gasteiger partial charge on any atom is -0.463 e. The molecule has 1 aliphatic rings. The summed E-state index contributed by atoms with van der Waals surface area (Å²) >= 11 is 1.46. The van der Waals surface area contributed by atoms with Gasteiger partial charge < -0.3 is 24.7 Å². The Morgan fingerprint density at radius 3 is 2.96 bits per heavy atom. The number of aromatic nitrogens is 2. The number of thioether (sulfide) groups is 1. The van der Waals surface area contributed by atoms with Crippen LogP contribution in [0.4, 0.5) is 4.79 Å². The fourth-order valence-electron chi connectivity index (χ4n) is 2.77. The Hall–Kier alpha value is -2.52. The van der Waals surface area contributed by atoms with E-state index in [0.717, 1.165) is 16.2 Å². The number of nitrogens with one attached hydrogen (secondary N) is 2. The maximum Gasteiger partial charge on any atom is 0.337 e. The molecule has 9 heteroatoms. The van der Waals surface area contributed by atoms with E-state index in [-0.39, 0.29) is 19.2 Å². The molecule has 3 rings (SSSR count). The highest BCUT2D eigenvalue weighted by atomic mass is 32.2. The summed E-state index contributed by atoms with van der Waals surface area (Å²) < 4.78 is 12.4. The van der Waals surface area contributed by atoms with Gasteiger partial charge >= 0.3 is 12.0 Å². The van der Waals surface area contributed by atoms with Crippen molar-refractivity contribution in [2.24, 2.45) is 0 Å². The molecule has 2 N–H and O–H groups in total. The lowest BCUT2D eigenvalue weighted by molar-refractivity contribution is -0.138. The fraction of sp³-hybridized carbons (Fsp3) is 0.389. The number of carbonyl (C=O) groups excluding carboxylic acids is 2. The number of hydrogen-bond donors (Lipinski definition) is 2. The van der Waals surface area contributed by atoms with Gasteiger partial charge in [0.25, 0.3) is 0 Å². The molecule has 144 valence electrons. The number of nitrogens with zero attached hydrogens (tertiary/aromatic N) is 2. The minimum atomic E-state index is -0.423. The summed E-state index contributed by atoms with van der Waals surface area (Å²) in [6.07, 6.45) is 0. The number of ether oxygens (including phenoxy) is 2. The Labute approximate surface area is 161 Å². The van der Waals surface area contributed by atoms with Crippen LogP contribution in [-0.2, 0) is 20.8 Å².